The van der Waals surface area contributed by atoms with Crippen molar-refractivity contribution >= 4 is 28.6 Å². The predicted octanol–water partition coefficient (Wildman–Crippen LogP) is 4.98. The fourth-order valence-electron chi connectivity index (χ4n) is 3.42. The zero-order chi connectivity index (χ0) is 18.8. The quantitative estimate of drug-likeness (QED) is 0.706. The van der Waals surface area contributed by atoms with E-state index in [-0.39, 0.29) is 12.0 Å². The number of nitrogens with zero attached hydrogens (tertiary/aromatic N) is 2. The normalized spacial score (nSPS) is 18.7. The molecule has 2 aliphatic heterocycles. The highest BCUT2D eigenvalue weighted by molar-refractivity contribution is 8.16. The molecule has 4 rings (SSSR count). The van der Waals surface area contributed by atoms with Crippen LogP contribution in [0.3, 0.4) is 0 Å². The monoisotopic (exact) mass is 376 g/mol. The van der Waals surface area contributed by atoms with Crippen LogP contribution in [0.2, 0.25) is 0 Å². The number of hydrogen-bond acceptors (Lipinski definition) is 5. The maximum absolute atomic E-state index is 12.8. The number of aliphatic imine (C=N–C) groups is 1. The van der Waals surface area contributed by atoms with Gasteiger partial charge in [-0.25, -0.2) is 9.79 Å². The number of esters is 1. The third-order valence-corrected chi connectivity index (χ3v) is 5.45. The smallest absolute Gasteiger partial charge is 0.338 e. The number of thioether (sulfide) groups is 1. The molecule has 0 aliphatic carbocycles. The average Bonchev–Trinajstić information content (AvgIpc) is 3.11. The first-order chi connectivity index (χ1) is 13.2. The second-order valence-electron chi connectivity index (χ2n) is 6.28. The van der Waals surface area contributed by atoms with E-state index in [1.54, 1.807) is 11.8 Å². The molecule has 1 atom stereocenters. The van der Waals surface area contributed by atoms with Crippen molar-refractivity contribution in [2.75, 3.05) is 6.61 Å². The van der Waals surface area contributed by atoms with E-state index in [1.807, 2.05) is 62.4 Å². The number of amidine groups is 1. The summed E-state index contributed by atoms with van der Waals surface area (Å²) in [5.74, 6) is -0.309. The lowest BCUT2D eigenvalue weighted by atomic mass is 9.93. The molecule has 5 heteroatoms. The van der Waals surface area contributed by atoms with E-state index in [0.717, 1.165) is 22.0 Å². The van der Waals surface area contributed by atoms with Crippen molar-refractivity contribution in [1.82, 2.24) is 4.90 Å². The summed E-state index contributed by atoms with van der Waals surface area (Å²) in [6, 6.07) is 20.0. The lowest BCUT2D eigenvalue weighted by Gasteiger charge is -2.36. The molecular weight excluding hydrogens is 356 g/mol. The predicted molar refractivity (Wildman–Crippen MR) is 110 cm³/mol. The lowest BCUT2D eigenvalue weighted by molar-refractivity contribution is -0.139. The minimum absolute atomic E-state index is 0.265. The van der Waals surface area contributed by atoms with E-state index < -0.39 is 0 Å². The molecular formula is C22H20N2O2S. The van der Waals surface area contributed by atoms with Crippen LogP contribution in [0.5, 0.6) is 0 Å². The Morgan fingerprint density at radius 1 is 1.11 bits per heavy atom. The van der Waals surface area contributed by atoms with Gasteiger partial charge in [-0.3, -0.25) is 0 Å². The molecule has 0 saturated carbocycles. The van der Waals surface area contributed by atoms with Crippen molar-refractivity contribution in [1.29, 1.82) is 0 Å². The summed E-state index contributed by atoms with van der Waals surface area (Å²) in [6.07, 6.45) is 0. The molecule has 2 heterocycles. The number of rotatable bonds is 4. The van der Waals surface area contributed by atoms with Gasteiger partial charge in [0.1, 0.15) is 0 Å². The zero-order valence-electron chi connectivity index (χ0n) is 15.3. The average molecular weight is 376 g/mol. The van der Waals surface area contributed by atoms with Gasteiger partial charge in [0.25, 0.3) is 0 Å². The van der Waals surface area contributed by atoms with E-state index in [9.17, 15) is 4.79 Å². The van der Waals surface area contributed by atoms with Gasteiger partial charge in [0.2, 0.25) is 0 Å². The van der Waals surface area contributed by atoms with Crippen LogP contribution in [-0.4, -0.2) is 22.6 Å². The van der Waals surface area contributed by atoms with E-state index >= 15 is 0 Å². The number of ether oxygens (including phenoxy) is 1. The van der Waals surface area contributed by atoms with Crippen molar-refractivity contribution < 1.29 is 9.53 Å². The first-order valence-electron chi connectivity index (χ1n) is 8.93. The molecule has 0 aromatic heterocycles. The second kappa shape index (κ2) is 7.45. The molecule has 0 N–H and O–H groups in total. The van der Waals surface area contributed by atoms with Gasteiger partial charge in [0.15, 0.2) is 5.17 Å². The van der Waals surface area contributed by atoms with Crippen LogP contribution in [0.15, 0.2) is 82.3 Å². The number of hydrogen-bond donors (Lipinski definition) is 0. The molecule has 0 fully saturated rings. The molecule has 2 aliphatic rings. The Morgan fingerprint density at radius 3 is 2.44 bits per heavy atom. The SMILES string of the molecule is CCOC(=O)C1=C(C)N=C2SC=C(c3ccccc3)N2[C@H]1c1ccccc1. The van der Waals surface area contributed by atoms with Crippen LogP contribution < -0.4 is 0 Å². The Hall–Kier alpha value is -2.79. The summed E-state index contributed by atoms with van der Waals surface area (Å²) >= 11 is 1.59. The third kappa shape index (κ3) is 3.19. The molecule has 0 radical (unpaired) electrons. The molecule has 2 aromatic carbocycles. The molecule has 2 aromatic rings. The summed E-state index contributed by atoms with van der Waals surface area (Å²) in [4.78, 5) is 19.7. The van der Waals surface area contributed by atoms with Crippen LogP contribution in [0.25, 0.3) is 5.70 Å². The second-order valence-corrected chi connectivity index (χ2v) is 7.12. The van der Waals surface area contributed by atoms with Crippen LogP contribution in [0, 0.1) is 0 Å². The summed E-state index contributed by atoms with van der Waals surface area (Å²) < 4.78 is 5.37. The van der Waals surface area contributed by atoms with Gasteiger partial charge >= 0.3 is 5.97 Å². The van der Waals surface area contributed by atoms with Crippen LogP contribution >= 0.6 is 11.8 Å². The van der Waals surface area contributed by atoms with Gasteiger partial charge < -0.3 is 9.64 Å². The number of fused-ring (bicyclic) bond motifs is 1. The Kier molecular flexibility index (Phi) is 4.86. The first kappa shape index (κ1) is 17.6. The molecule has 0 unspecified atom stereocenters. The summed E-state index contributed by atoms with van der Waals surface area (Å²) in [7, 11) is 0. The standard InChI is InChI=1S/C22H20N2O2S/c1-3-26-21(25)19-15(2)23-22-24(20(19)17-12-8-5-9-13-17)18(14-27-22)16-10-6-4-7-11-16/h4-14,20H,3H2,1-2H3/t20-/m0/s1. The summed E-state index contributed by atoms with van der Waals surface area (Å²) in [5.41, 5.74) is 4.48. The van der Waals surface area contributed by atoms with E-state index in [2.05, 4.69) is 22.4 Å². The van der Waals surface area contributed by atoms with Gasteiger partial charge in [-0.15, -0.1) is 0 Å². The molecule has 0 bridgehead atoms. The maximum Gasteiger partial charge on any atom is 0.338 e. The fraction of sp³-hybridized carbons (Fsp3) is 0.182. The molecule has 4 nitrogen and oxygen atoms in total. The van der Waals surface area contributed by atoms with Crippen LogP contribution in [-0.2, 0) is 9.53 Å². The minimum Gasteiger partial charge on any atom is -0.463 e. The molecule has 0 saturated heterocycles. The maximum atomic E-state index is 12.8. The van der Waals surface area contributed by atoms with Gasteiger partial charge in [-0.1, -0.05) is 72.4 Å². The third-order valence-electron chi connectivity index (χ3n) is 4.61. The van der Waals surface area contributed by atoms with E-state index in [0.29, 0.717) is 17.9 Å². The fourth-order valence-corrected chi connectivity index (χ4v) is 4.39. The largest absolute Gasteiger partial charge is 0.463 e. The van der Waals surface area contributed by atoms with Crippen molar-refractivity contribution in [2.45, 2.75) is 19.9 Å². The number of allylic oxidation sites excluding steroid dienone is 1. The lowest BCUT2D eigenvalue weighted by Crippen LogP contribution is -2.36. The highest BCUT2D eigenvalue weighted by Crippen LogP contribution is 2.46. The number of benzene rings is 2. The highest BCUT2D eigenvalue weighted by Gasteiger charge is 2.40. The van der Waals surface area contributed by atoms with Crippen molar-refractivity contribution in [2.24, 2.45) is 4.99 Å². The molecule has 0 spiro atoms. The topological polar surface area (TPSA) is 41.9 Å². The Bertz CT molecular complexity index is 949. The van der Waals surface area contributed by atoms with Crippen LogP contribution in [0.1, 0.15) is 31.0 Å². The van der Waals surface area contributed by atoms with Gasteiger partial charge in [-0.2, -0.15) is 0 Å². The van der Waals surface area contributed by atoms with E-state index in [1.165, 1.54) is 0 Å². The Balaban J connectivity index is 1.86. The highest BCUT2D eigenvalue weighted by atomic mass is 32.2. The first-order valence-corrected chi connectivity index (χ1v) is 9.81. The Morgan fingerprint density at radius 2 is 1.78 bits per heavy atom. The van der Waals surface area contributed by atoms with Crippen molar-refractivity contribution in [3.8, 4) is 0 Å². The van der Waals surface area contributed by atoms with Crippen molar-refractivity contribution in [3.05, 3.63) is 88.5 Å². The van der Waals surface area contributed by atoms with Gasteiger partial charge in [0.05, 0.1) is 29.6 Å². The Labute approximate surface area is 163 Å². The van der Waals surface area contributed by atoms with E-state index in [4.69, 9.17) is 9.73 Å². The van der Waals surface area contributed by atoms with Crippen molar-refractivity contribution in [3.63, 3.8) is 0 Å². The number of carbonyl (C=O) groups excluding carboxylic acids is 1. The number of carbonyl (C=O) groups is 1. The molecule has 27 heavy (non-hydrogen) atoms. The molecule has 0 amide bonds. The van der Waals surface area contributed by atoms with Gasteiger partial charge in [0, 0.05) is 5.41 Å². The zero-order valence-corrected chi connectivity index (χ0v) is 16.1. The summed E-state index contributed by atoms with van der Waals surface area (Å²) in [6.45, 7) is 4.04. The molecule has 136 valence electrons. The van der Waals surface area contributed by atoms with Gasteiger partial charge in [-0.05, 0) is 25.0 Å². The van der Waals surface area contributed by atoms with Crippen LogP contribution in [0.4, 0.5) is 0 Å². The minimum atomic E-state index is -0.309. The summed E-state index contributed by atoms with van der Waals surface area (Å²) in [5, 5.41) is 2.99.